The first kappa shape index (κ1) is 12.8. The molecular weight excluding hydrogens is 254 g/mol. The van der Waals surface area contributed by atoms with Crippen molar-refractivity contribution in [2.45, 2.75) is 26.2 Å². The normalized spacial score (nSPS) is 14.8. The number of hydrogen-bond donors (Lipinski definition) is 1. The summed E-state index contributed by atoms with van der Waals surface area (Å²) in [6.45, 7) is 5.00. The summed E-state index contributed by atoms with van der Waals surface area (Å²) in [6.07, 6.45) is 8.69. The maximum absolute atomic E-state index is 4.55. The van der Waals surface area contributed by atoms with Crippen LogP contribution in [0.2, 0.25) is 0 Å². The third-order valence-electron chi connectivity index (χ3n) is 3.27. The van der Waals surface area contributed by atoms with E-state index in [-0.39, 0.29) is 0 Å². The van der Waals surface area contributed by atoms with Crippen LogP contribution in [0.1, 0.15) is 26.2 Å². The number of nitrogens with zero attached hydrogens (tertiary/aromatic N) is 6. The van der Waals surface area contributed by atoms with Gasteiger partial charge in [-0.25, -0.2) is 4.98 Å². The van der Waals surface area contributed by atoms with E-state index in [0.717, 1.165) is 32.0 Å². The molecule has 0 spiro atoms. The minimum atomic E-state index is 0.609. The van der Waals surface area contributed by atoms with Crippen LogP contribution in [-0.2, 0) is 0 Å². The van der Waals surface area contributed by atoms with E-state index >= 15 is 0 Å². The van der Waals surface area contributed by atoms with E-state index in [4.69, 9.17) is 0 Å². The van der Waals surface area contributed by atoms with Gasteiger partial charge >= 0.3 is 0 Å². The summed E-state index contributed by atoms with van der Waals surface area (Å²) >= 11 is 0. The number of imidazole rings is 1. The van der Waals surface area contributed by atoms with Crippen LogP contribution in [0.5, 0.6) is 0 Å². The van der Waals surface area contributed by atoms with Crippen LogP contribution in [0.4, 0.5) is 11.9 Å². The average molecular weight is 273 g/mol. The Morgan fingerprint density at radius 1 is 1.15 bits per heavy atom. The van der Waals surface area contributed by atoms with Crippen molar-refractivity contribution in [2.24, 2.45) is 0 Å². The zero-order chi connectivity index (χ0) is 13.8. The van der Waals surface area contributed by atoms with Gasteiger partial charge in [-0.3, -0.25) is 4.57 Å². The summed E-state index contributed by atoms with van der Waals surface area (Å²) in [7, 11) is 0. The summed E-state index contributed by atoms with van der Waals surface area (Å²) in [5, 5.41) is 3.24. The maximum Gasteiger partial charge on any atom is 0.241 e. The van der Waals surface area contributed by atoms with Crippen molar-refractivity contribution < 1.29 is 0 Å². The van der Waals surface area contributed by atoms with Gasteiger partial charge in [0.15, 0.2) is 0 Å². The largest absolute Gasteiger partial charge is 0.354 e. The van der Waals surface area contributed by atoms with Gasteiger partial charge in [-0.1, -0.05) is 6.92 Å². The Morgan fingerprint density at radius 2 is 1.95 bits per heavy atom. The number of anilines is 2. The van der Waals surface area contributed by atoms with Crippen LogP contribution in [-0.4, -0.2) is 44.1 Å². The molecule has 7 nitrogen and oxygen atoms in total. The zero-order valence-electron chi connectivity index (χ0n) is 11.7. The third kappa shape index (κ3) is 2.71. The second-order valence-electron chi connectivity index (χ2n) is 4.85. The Bertz CT molecular complexity index is 546. The molecule has 1 aliphatic heterocycles. The Balaban J connectivity index is 1.94. The summed E-state index contributed by atoms with van der Waals surface area (Å²) < 4.78 is 1.80. The standard InChI is InChI=1S/C13H19N7/c1-2-5-15-11-16-12(19-7-3-4-8-19)18-13(17-11)20-9-6-14-10-20/h6,9-10H,2-5,7-8H2,1H3,(H,15,16,17,18). The van der Waals surface area contributed by atoms with Gasteiger partial charge in [0.05, 0.1) is 0 Å². The summed E-state index contributed by atoms with van der Waals surface area (Å²) in [5.41, 5.74) is 0. The Hall–Kier alpha value is -2.18. The lowest BCUT2D eigenvalue weighted by atomic mass is 10.4. The SMILES string of the molecule is CCCNc1nc(N2CCCC2)nc(-n2ccnc2)n1. The first-order valence-electron chi connectivity index (χ1n) is 7.10. The van der Waals surface area contributed by atoms with E-state index < -0.39 is 0 Å². The van der Waals surface area contributed by atoms with E-state index in [9.17, 15) is 0 Å². The van der Waals surface area contributed by atoms with Crippen molar-refractivity contribution >= 4 is 11.9 Å². The molecule has 0 atom stereocenters. The van der Waals surface area contributed by atoms with Gasteiger partial charge in [0.25, 0.3) is 0 Å². The predicted molar refractivity (Wildman–Crippen MR) is 77.2 cm³/mol. The molecule has 3 heterocycles. The predicted octanol–water partition coefficient (Wildman–Crippen LogP) is 1.48. The Morgan fingerprint density at radius 3 is 2.65 bits per heavy atom. The minimum absolute atomic E-state index is 0.609. The molecule has 2 aromatic heterocycles. The molecule has 2 aromatic rings. The lowest BCUT2D eigenvalue weighted by Gasteiger charge is -2.16. The lowest BCUT2D eigenvalue weighted by Crippen LogP contribution is -2.22. The fraction of sp³-hybridized carbons (Fsp3) is 0.538. The van der Waals surface area contributed by atoms with Crippen LogP contribution in [0.25, 0.3) is 5.95 Å². The fourth-order valence-corrected chi connectivity index (χ4v) is 2.22. The summed E-state index contributed by atoms with van der Waals surface area (Å²) in [6, 6.07) is 0. The molecule has 0 unspecified atom stereocenters. The molecule has 1 aliphatic rings. The number of aromatic nitrogens is 5. The molecule has 0 radical (unpaired) electrons. The second kappa shape index (κ2) is 5.85. The molecule has 106 valence electrons. The zero-order valence-corrected chi connectivity index (χ0v) is 11.7. The van der Waals surface area contributed by atoms with E-state index in [1.165, 1.54) is 12.8 Å². The molecular formula is C13H19N7. The highest BCUT2D eigenvalue weighted by atomic mass is 15.3. The smallest absolute Gasteiger partial charge is 0.241 e. The van der Waals surface area contributed by atoms with Gasteiger partial charge < -0.3 is 10.2 Å². The van der Waals surface area contributed by atoms with Crippen molar-refractivity contribution in [3.63, 3.8) is 0 Å². The monoisotopic (exact) mass is 273 g/mol. The topological polar surface area (TPSA) is 71.8 Å². The van der Waals surface area contributed by atoms with E-state index in [1.54, 1.807) is 17.1 Å². The highest BCUT2D eigenvalue weighted by molar-refractivity contribution is 5.40. The highest BCUT2D eigenvalue weighted by Crippen LogP contribution is 2.18. The van der Waals surface area contributed by atoms with E-state index in [0.29, 0.717) is 11.9 Å². The number of rotatable bonds is 5. The van der Waals surface area contributed by atoms with Gasteiger partial charge in [-0.05, 0) is 19.3 Å². The molecule has 0 amide bonds. The van der Waals surface area contributed by atoms with Crippen molar-refractivity contribution in [2.75, 3.05) is 29.9 Å². The molecule has 0 bridgehead atoms. The highest BCUT2D eigenvalue weighted by Gasteiger charge is 2.17. The molecule has 0 aliphatic carbocycles. The molecule has 1 fully saturated rings. The summed E-state index contributed by atoms with van der Waals surface area (Å²) in [4.78, 5) is 19.8. The van der Waals surface area contributed by atoms with Crippen LogP contribution >= 0.6 is 0 Å². The maximum atomic E-state index is 4.55. The van der Waals surface area contributed by atoms with Crippen molar-refractivity contribution in [1.29, 1.82) is 0 Å². The Labute approximate surface area is 118 Å². The Kier molecular flexibility index (Phi) is 3.76. The van der Waals surface area contributed by atoms with Gasteiger partial charge in [-0.15, -0.1) is 0 Å². The summed E-state index contributed by atoms with van der Waals surface area (Å²) in [5.74, 6) is 1.99. The van der Waals surface area contributed by atoms with Crippen molar-refractivity contribution in [3.8, 4) is 5.95 Å². The van der Waals surface area contributed by atoms with Crippen LogP contribution in [0.3, 0.4) is 0 Å². The molecule has 20 heavy (non-hydrogen) atoms. The van der Waals surface area contributed by atoms with Gasteiger partial charge in [0.2, 0.25) is 17.8 Å². The quantitative estimate of drug-likeness (QED) is 0.889. The van der Waals surface area contributed by atoms with Crippen LogP contribution < -0.4 is 10.2 Å². The molecule has 1 saturated heterocycles. The fourth-order valence-electron chi connectivity index (χ4n) is 2.22. The minimum Gasteiger partial charge on any atom is -0.354 e. The van der Waals surface area contributed by atoms with Crippen LogP contribution in [0, 0.1) is 0 Å². The molecule has 0 aromatic carbocycles. The van der Waals surface area contributed by atoms with Crippen molar-refractivity contribution in [3.05, 3.63) is 18.7 Å². The molecule has 1 N–H and O–H groups in total. The lowest BCUT2D eigenvalue weighted by molar-refractivity contribution is 0.832. The first-order chi connectivity index (χ1) is 9.86. The number of nitrogens with one attached hydrogen (secondary N) is 1. The van der Waals surface area contributed by atoms with Crippen LogP contribution in [0.15, 0.2) is 18.7 Å². The molecule has 0 saturated carbocycles. The first-order valence-corrected chi connectivity index (χ1v) is 7.10. The average Bonchev–Trinajstić information content (AvgIpc) is 3.17. The van der Waals surface area contributed by atoms with Crippen molar-refractivity contribution in [1.82, 2.24) is 24.5 Å². The molecule has 7 heteroatoms. The van der Waals surface area contributed by atoms with E-state index in [1.807, 2.05) is 6.20 Å². The van der Waals surface area contributed by atoms with Gasteiger partial charge in [0.1, 0.15) is 6.33 Å². The van der Waals surface area contributed by atoms with E-state index in [2.05, 4.69) is 37.1 Å². The number of hydrogen-bond acceptors (Lipinski definition) is 6. The van der Waals surface area contributed by atoms with Gasteiger partial charge in [0, 0.05) is 32.0 Å². The third-order valence-corrected chi connectivity index (χ3v) is 3.27. The second-order valence-corrected chi connectivity index (χ2v) is 4.85. The molecule has 3 rings (SSSR count). The van der Waals surface area contributed by atoms with Gasteiger partial charge in [-0.2, -0.15) is 15.0 Å².